The van der Waals surface area contributed by atoms with Gasteiger partial charge in [0.15, 0.2) is 0 Å². The molecule has 13 heavy (non-hydrogen) atoms. The molecule has 0 fully saturated rings. The maximum absolute atomic E-state index is 11.2. The summed E-state index contributed by atoms with van der Waals surface area (Å²) < 4.78 is 0. The Morgan fingerprint density at radius 2 is 2.62 bits per heavy atom. The Morgan fingerprint density at radius 3 is 3.15 bits per heavy atom. The number of hydrogen-bond acceptors (Lipinski definition) is 3. The summed E-state index contributed by atoms with van der Waals surface area (Å²) in [5, 5.41) is 12.9. The Hall–Kier alpha value is -1.34. The van der Waals surface area contributed by atoms with E-state index in [1.54, 1.807) is 18.3 Å². The first-order valence-corrected chi connectivity index (χ1v) is 4.81. The molecule has 0 bridgehead atoms. The Balaban J connectivity index is 2.39. The molecule has 1 N–H and O–H groups in total. The number of carbonyl (C=O) groups is 1. The van der Waals surface area contributed by atoms with Crippen molar-refractivity contribution in [3.8, 4) is 6.07 Å². The van der Waals surface area contributed by atoms with Crippen LogP contribution < -0.4 is 5.32 Å². The van der Waals surface area contributed by atoms with Crippen LogP contribution in [0.4, 0.5) is 0 Å². The van der Waals surface area contributed by atoms with Gasteiger partial charge in [0.1, 0.15) is 6.04 Å². The number of nitriles is 1. The van der Waals surface area contributed by atoms with Crippen molar-refractivity contribution in [2.24, 2.45) is 0 Å². The van der Waals surface area contributed by atoms with Crippen molar-refractivity contribution in [2.75, 3.05) is 0 Å². The van der Waals surface area contributed by atoms with E-state index in [-0.39, 0.29) is 5.91 Å². The summed E-state index contributed by atoms with van der Waals surface area (Å²) in [4.78, 5) is 12.2. The van der Waals surface area contributed by atoms with Gasteiger partial charge in [0.25, 0.3) is 0 Å². The molecular formula is C9H10N2OS. The average molecular weight is 194 g/mol. The zero-order valence-electron chi connectivity index (χ0n) is 7.28. The van der Waals surface area contributed by atoms with E-state index in [9.17, 15) is 4.79 Å². The van der Waals surface area contributed by atoms with Crippen molar-refractivity contribution < 1.29 is 4.79 Å². The monoisotopic (exact) mass is 194 g/mol. The van der Waals surface area contributed by atoms with Crippen molar-refractivity contribution in [1.82, 2.24) is 5.32 Å². The van der Waals surface area contributed by atoms with Gasteiger partial charge in [0.05, 0.1) is 12.5 Å². The Kier molecular flexibility index (Phi) is 3.47. The number of rotatable bonds is 3. The van der Waals surface area contributed by atoms with Crippen LogP contribution in [-0.4, -0.2) is 11.9 Å². The summed E-state index contributed by atoms with van der Waals surface area (Å²) in [5.41, 5.74) is 0. The van der Waals surface area contributed by atoms with Crippen LogP contribution in [0.2, 0.25) is 0 Å². The van der Waals surface area contributed by atoms with Crippen molar-refractivity contribution in [2.45, 2.75) is 19.4 Å². The van der Waals surface area contributed by atoms with Crippen molar-refractivity contribution in [3.05, 3.63) is 22.4 Å². The van der Waals surface area contributed by atoms with Crippen LogP contribution in [0.5, 0.6) is 0 Å². The SMILES string of the molecule is CC(C#N)NC(=O)Cc1cccs1. The molecule has 0 aromatic carbocycles. The fourth-order valence-electron chi connectivity index (χ4n) is 0.896. The molecule has 1 aromatic rings. The van der Waals surface area contributed by atoms with Gasteiger partial charge in [-0.1, -0.05) is 6.07 Å². The van der Waals surface area contributed by atoms with E-state index in [4.69, 9.17) is 5.26 Å². The zero-order chi connectivity index (χ0) is 9.68. The average Bonchev–Trinajstić information content (AvgIpc) is 2.56. The summed E-state index contributed by atoms with van der Waals surface area (Å²) in [5.74, 6) is -0.100. The Bertz CT molecular complexity index is 313. The number of amides is 1. The van der Waals surface area contributed by atoms with Crippen LogP contribution in [0.15, 0.2) is 17.5 Å². The predicted molar refractivity (Wildman–Crippen MR) is 51.2 cm³/mol. The van der Waals surface area contributed by atoms with Crippen molar-refractivity contribution in [3.63, 3.8) is 0 Å². The Labute approximate surface area is 81.0 Å². The summed E-state index contributed by atoms with van der Waals surface area (Å²) in [7, 11) is 0. The zero-order valence-corrected chi connectivity index (χ0v) is 8.10. The maximum atomic E-state index is 11.2. The van der Waals surface area contributed by atoms with Crippen LogP contribution in [0, 0.1) is 11.3 Å². The van der Waals surface area contributed by atoms with Gasteiger partial charge >= 0.3 is 0 Å². The van der Waals surface area contributed by atoms with Gasteiger partial charge in [0, 0.05) is 4.88 Å². The molecule has 3 nitrogen and oxygen atoms in total. The summed E-state index contributed by atoms with van der Waals surface area (Å²) in [6.07, 6.45) is 0.365. The number of thiophene rings is 1. The standard InChI is InChI=1S/C9H10N2OS/c1-7(6-10)11-9(12)5-8-3-2-4-13-8/h2-4,7H,5H2,1H3,(H,11,12). The molecule has 68 valence electrons. The van der Waals surface area contributed by atoms with E-state index in [0.717, 1.165) is 4.88 Å². The molecule has 0 saturated heterocycles. The third kappa shape index (κ3) is 3.26. The number of nitrogens with zero attached hydrogens (tertiary/aromatic N) is 1. The third-order valence-electron chi connectivity index (χ3n) is 1.49. The minimum Gasteiger partial charge on any atom is -0.340 e. The van der Waals surface area contributed by atoms with E-state index < -0.39 is 6.04 Å². The lowest BCUT2D eigenvalue weighted by Crippen LogP contribution is -2.32. The highest BCUT2D eigenvalue weighted by Gasteiger charge is 2.06. The molecule has 1 heterocycles. The minimum absolute atomic E-state index is 0.100. The van der Waals surface area contributed by atoms with Crippen LogP contribution in [-0.2, 0) is 11.2 Å². The number of carbonyl (C=O) groups excluding carboxylic acids is 1. The molecule has 0 aliphatic heterocycles. The lowest BCUT2D eigenvalue weighted by molar-refractivity contribution is -0.120. The molecule has 4 heteroatoms. The number of hydrogen-bond donors (Lipinski definition) is 1. The quantitative estimate of drug-likeness (QED) is 0.789. The second-order valence-corrected chi connectivity index (χ2v) is 3.71. The first-order valence-electron chi connectivity index (χ1n) is 3.93. The normalized spacial score (nSPS) is 11.7. The van der Waals surface area contributed by atoms with Gasteiger partial charge in [-0.2, -0.15) is 5.26 Å². The third-order valence-corrected chi connectivity index (χ3v) is 2.36. The maximum Gasteiger partial charge on any atom is 0.226 e. The molecule has 0 aliphatic rings. The predicted octanol–water partition coefficient (Wildman–Crippen LogP) is 1.32. The first kappa shape index (κ1) is 9.75. The van der Waals surface area contributed by atoms with E-state index >= 15 is 0 Å². The van der Waals surface area contributed by atoms with Gasteiger partial charge < -0.3 is 5.32 Å². The largest absolute Gasteiger partial charge is 0.340 e. The highest BCUT2D eigenvalue weighted by atomic mass is 32.1. The first-order chi connectivity index (χ1) is 6.22. The van der Waals surface area contributed by atoms with E-state index in [1.807, 2.05) is 23.6 Å². The lowest BCUT2D eigenvalue weighted by atomic mass is 10.3. The number of nitrogens with one attached hydrogen (secondary N) is 1. The lowest BCUT2D eigenvalue weighted by Gasteiger charge is -2.04. The highest BCUT2D eigenvalue weighted by molar-refractivity contribution is 7.10. The molecule has 1 atom stereocenters. The summed E-state index contributed by atoms with van der Waals surface area (Å²) in [6, 6.07) is 5.34. The smallest absolute Gasteiger partial charge is 0.226 e. The van der Waals surface area contributed by atoms with E-state index in [1.165, 1.54) is 0 Å². The molecule has 0 saturated carbocycles. The van der Waals surface area contributed by atoms with Crippen LogP contribution >= 0.6 is 11.3 Å². The van der Waals surface area contributed by atoms with E-state index in [2.05, 4.69) is 5.32 Å². The highest BCUT2D eigenvalue weighted by Crippen LogP contribution is 2.08. The van der Waals surface area contributed by atoms with Gasteiger partial charge in [0.2, 0.25) is 5.91 Å². The molecule has 1 rings (SSSR count). The summed E-state index contributed by atoms with van der Waals surface area (Å²) >= 11 is 1.54. The second-order valence-electron chi connectivity index (χ2n) is 2.67. The Morgan fingerprint density at radius 1 is 1.85 bits per heavy atom. The fourth-order valence-corrected chi connectivity index (χ4v) is 1.60. The molecular weight excluding hydrogens is 184 g/mol. The van der Waals surface area contributed by atoms with Crippen molar-refractivity contribution in [1.29, 1.82) is 5.26 Å². The molecule has 1 aromatic heterocycles. The van der Waals surface area contributed by atoms with Gasteiger partial charge in [-0.15, -0.1) is 11.3 Å². The fraction of sp³-hybridized carbons (Fsp3) is 0.333. The molecule has 0 radical (unpaired) electrons. The van der Waals surface area contributed by atoms with Crippen LogP contribution in [0.25, 0.3) is 0 Å². The van der Waals surface area contributed by atoms with Gasteiger partial charge in [-0.25, -0.2) is 0 Å². The molecule has 1 amide bonds. The molecule has 1 unspecified atom stereocenters. The topological polar surface area (TPSA) is 52.9 Å². The van der Waals surface area contributed by atoms with Crippen molar-refractivity contribution >= 4 is 17.2 Å². The second kappa shape index (κ2) is 4.63. The van der Waals surface area contributed by atoms with Gasteiger partial charge in [-0.3, -0.25) is 4.79 Å². The van der Waals surface area contributed by atoms with Crippen LogP contribution in [0.1, 0.15) is 11.8 Å². The molecule has 0 spiro atoms. The van der Waals surface area contributed by atoms with Crippen LogP contribution in [0.3, 0.4) is 0 Å². The van der Waals surface area contributed by atoms with Gasteiger partial charge in [-0.05, 0) is 18.4 Å². The van der Waals surface area contributed by atoms with E-state index in [0.29, 0.717) is 6.42 Å². The minimum atomic E-state index is -0.410. The molecule has 0 aliphatic carbocycles. The summed E-state index contributed by atoms with van der Waals surface area (Å²) in [6.45, 7) is 1.66.